The fourth-order valence-corrected chi connectivity index (χ4v) is 3.56. The molecule has 0 N–H and O–H groups in total. The number of aromatic nitrogens is 4. The Kier molecular flexibility index (Phi) is 4.03. The van der Waals surface area contributed by atoms with Crippen LogP contribution in [0.1, 0.15) is 20.3 Å². The Labute approximate surface area is 126 Å². The van der Waals surface area contributed by atoms with Gasteiger partial charge in [-0.15, -0.1) is 22.0 Å². The maximum atomic E-state index is 4.65. The van der Waals surface area contributed by atoms with Gasteiger partial charge in [-0.25, -0.2) is 0 Å². The second kappa shape index (κ2) is 5.93. The number of thioether (sulfide) groups is 1. The molecule has 3 heterocycles. The molecule has 0 atom stereocenters. The van der Waals surface area contributed by atoms with Crippen molar-refractivity contribution in [2.24, 2.45) is 5.92 Å². The van der Waals surface area contributed by atoms with Crippen molar-refractivity contribution in [3.05, 3.63) is 29.0 Å². The molecule has 104 valence electrons. The molecule has 0 fully saturated rings. The number of hydrogen-bond acceptors (Lipinski definition) is 5. The van der Waals surface area contributed by atoms with Crippen molar-refractivity contribution >= 4 is 28.7 Å². The highest BCUT2D eigenvalue weighted by Gasteiger charge is 2.10. The Hall–Kier alpha value is -1.40. The standard InChI is InChI=1S/C14H16N4S2/c1-10(2)5-8-20-13-4-3-12-15-16-14(18(12)17-13)11-6-7-19-9-11/h3-4,6-7,9-10H,5,8H2,1-2H3. The summed E-state index contributed by atoms with van der Waals surface area (Å²) >= 11 is 3.44. The third-order valence-corrected chi connectivity index (χ3v) is 4.60. The maximum Gasteiger partial charge on any atom is 0.186 e. The highest BCUT2D eigenvalue weighted by molar-refractivity contribution is 7.99. The first-order chi connectivity index (χ1) is 9.74. The first-order valence-corrected chi connectivity index (χ1v) is 8.54. The van der Waals surface area contributed by atoms with Crippen molar-refractivity contribution in [3.63, 3.8) is 0 Å². The van der Waals surface area contributed by atoms with Gasteiger partial charge in [-0.3, -0.25) is 0 Å². The Morgan fingerprint density at radius 2 is 2.15 bits per heavy atom. The van der Waals surface area contributed by atoms with Gasteiger partial charge in [-0.2, -0.15) is 21.0 Å². The van der Waals surface area contributed by atoms with E-state index in [4.69, 9.17) is 0 Å². The van der Waals surface area contributed by atoms with E-state index in [-0.39, 0.29) is 0 Å². The molecule has 0 aliphatic rings. The lowest BCUT2D eigenvalue weighted by molar-refractivity contribution is 0.631. The summed E-state index contributed by atoms with van der Waals surface area (Å²) in [4.78, 5) is 0. The molecule has 4 nitrogen and oxygen atoms in total. The van der Waals surface area contributed by atoms with Crippen LogP contribution in [0.3, 0.4) is 0 Å². The zero-order valence-electron chi connectivity index (χ0n) is 11.5. The minimum atomic E-state index is 0.725. The molecule has 0 saturated heterocycles. The topological polar surface area (TPSA) is 43.1 Å². The lowest BCUT2D eigenvalue weighted by Crippen LogP contribution is -1.97. The van der Waals surface area contributed by atoms with Crippen molar-refractivity contribution in [1.82, 2.24) is 19.8 Å². The van der Waals surface area contributed by atoms with Crippen molar-refractivity contribution in [2.45, 2.75) is 25.3 Å². The summed E-state index contributed by atoms with van der Waals surface area (Å²) in [5.41, 5.74) is 1.86. The zero-order chi connectivity index (χ0) is 13.9. The van der Waals surface area contributed by atoms with E-state index in [1.54, 1.807) is 23.1 Å². The van der Waals surface area contributed by atoms with E-state index in [2.05, 4.69) is 34.5 Å². The van der Waals surface area contributed by atoms with Crippen molar-refractivity contribution in [3.8, 4) is 11.4 Å². The van der Waals surface area contributed by atoms with Crippen LogP contribution in [0.4, 0.5) is 0 Å². The highest BCUT2D eigenvalue weighted by Crippen LogP contribution is 2.23. The second-order valence-electron chi connectivity index (χ2n) is 5.01. The van der Waals surface area contributed by atoms with Gasteiger partial charge >= 0.3 is 0 Å². The Morgan fingerprint density at radius 1 is 1.25 bits per heavy atom. The summed E-state index contributed by atoms with van der Waals surface area (Å²) in [6, 6.07) is 6.04. The van der Waals surface area contributed by atoms with E-state index in [1.807, 2.05) is 28.1 Å². The largest absolute Gasteiger partial charge is 0.192 e. The van der Waals surface area contributed by atoms with Crippen LogP contribution >= 0.6 is 23.1 Å². The van der Waals surface area contributed by atoms with Crippen molar-refractivity contribution in [1.29, 1.82) is 0 Å². The van der Waals surface area contributed by atoms with Crippen LogP contribution in [-0.4, -0.2) is 25.6 Å². The van der Waals surface area contributed by atoms with Gasteiger partial charge < -0.3 is 0 Å². The first-order valence-electron chi connectivity index (χ1n) is 6.62. The number of thiophene rings is 1. The van der Waals surface area contributed by atoms with Crippen LogP contribution < -0.4 is 0 Å². The van der Waals surface area contributed by atoms with E-state index < -0.39 is 0 Å². The quantitative estimate of drug-likeness (QED) is 0.668. The van der Waals surface area contributed by atoms with E-state index in [1.165, 1.54) is 6.42 Å². The summed E-state index contributed by atoms with van der Waals surface area (Å²) in [5, 5.41) is 18.2. The number of rotatable bonds is 5. The Balaban J connectivity index is 1.87. The van der Waals surface area contributed by atoms with Gasteiger partial charge in [-0.1, -0.05) is 13.8 Å². The van der Waals surface area contributed by atoms with Crippen LogP contribution in [0.25, 0.3) is 17.0 Å². The van der Waals surface area contributed by atoms with E-state index in [9.17, 15) is 0 Å². The lowest BCUT2D eigenvalue weighted by atomic mass is 10.2. The Bertz CT molecular complexity index is 688. The average molecular weight is 304 g/mol. The SMILES string of the molecule is CC(C)CCSc1ccc2nnc(-c3ccsc3)n2n1. The van der Waals surface area contributed by atoms with Crippen molar-refractivity contribution in [2.75, 3.05) is 5.75 Å². The monoisotopic (exact) mass is 304 g/mol. The molecule has 0 aromatic carbocycles. The third-order valence-electron chi connectivity index (χ3n) is 2.96. The first kappa shape index (κ1) is 13.6. The number of fused-ring (bicyclic) bond motifs is 1. The van der Waals surface area contributed by atoms with Crippen LogP contribution in [0.2, 0.25) is 0 Å². The van der Waals surface area contributed by atoms with E-state index in [0.29, 0.717) is 0 Å². The molecule has 0 aliphatic carbocycles. The van der Waals surface area contributed by atoms with Gasteiger partial charge in [-0.05, 0) is 41.7 Å². The van der Waals surface area contributed by atoms with Crippen LogP contribution in [0.15, 0.2) is 34.0 Å². The second-order valence-corrected chi connectivity index (χ2v) is 6.90. The van der Waals surface area contributed by atoms with Gasteiger partial charge in [0.05, 0.1) is 0 Å². The molecule has 20 heavy (non-hydrogen) atoms. The average Bonchev–Trinajstić information content (AvgIpc) is 3.06. The maximum absolute atomic E-state index is 4.65. The van der Waals surface area contributed by atoms with Gasteiger partial charge in [0.1, 0.15) is 5.03 Å². The summed E-state index contributed by atoms with van der Waals surface area (Å²) < 4.78 is 1.83. The number of nitrogens with zero attached hydrogens (tertiary/aromatic N) is 4. The Morgan fingerprint density at radius 3 is 2.90 bits per heavy atom. The lowest BCUT2D eigenvalue weighted by Gasteiger charge is -2.04. The zero-order valence-corrected chi connectivity index (χ0v) is 13.1. The third kappa shape index (κ3) is 2.86. The summed E-state index contributed by atoms with van der Waals surface area (Å²) in [6.45, 7) is 4.48. The molecular formula is C14H16N4S2. The van der Waals surface area contributed by atoms with Crippen LogP contribution in [0, 0.1) is 5.92 Å². The van der Waals surface area contributed by atoms with E-state index in [0.717, 1.165) is 33.7 Å². The van der Waals surface area contributed by atoms with Crippen molar-refractivity contribution < 1.29 is 0 Å². The molecule has 6 heteroatoms. The molecule has 3 aromatic heterocycles. The minimum Gasteiger partial charge on any atom is -0.192 e. The van der Waals surface area contributed by atoms with E-state index >= 15 is 0 Å². The summed E-state index contributed by atoms with van der Waals surface area (Å²) in [6.07, 6.45) is 1.20. The molecule has 0 saturated carbocycles. The fraction of sp³-hybridized carbons (Fsp3) is 0.357. The molecule has 0 unspecified atom stereocenters. The molecule has 0 spiro atoms. The molecule has 3 aromatic rings. The number of hydrogen-bond donors (Lipinski definition) is 0. The molecule has 0 aliphatic heterocycles. The van der Waals surface area contributed by atoms with Gasteiger partial charge in [0.15, 0.2) is 11.5 Å². The predicted octanol–water partition coefficient (Wildman–Crippen LogP) is 3.99. The predicted molar refractivity (Wildman–Crippen MR) is 84.3 cm³/mol. The van der Waals surface area contributed by atoms with Crippen LogP contribution in [0.5, 0.6) is 0 Å². The summed E-state index contributed by atoms with van der Waals surface area (Å²) in [7, 11) is 0. The summed E-state index contributed by atoms with van der Waals surface area (Å²) in [5.74, 6) is 2.63. The van der Waals surface area contributed by atoms with Gasteiger partial charge in [0.25, 0.3) is 0 Å². The molecule has 0 radical (unpaired) electrons. The molecular weight excluding hydrogens is 288 g/mol. The highest BCUT2D eigenvalue weighted by atomic mass is 32.2. The minimum absolute atomic E-state index is 0.725. The normalized spacial score (nSPS) is 11.6. The van der Waals surface area contributed by atoms with Crippen LogP contribution in [-0.2, 0) is 0 Å². The molecule has 3 rings (SSSR count). The molecule has 0 bridgehead atoms. The van der Waals surface area contributed by atoms with Gasteiger partial charge in [0, 0.05) is 10.9 Å². The van der Waals surface area contributed by atoms with Gasteiger partial charge in [0.2, 0.25) is 0 Å². The fourth-order valence-electron chi connectivity index (χ4n) is 1.82. The molecule has 0 amide bonds. The smallest absolute Gasteiger partial charge is 0.186 e.